The van der Waals surface area contributed by atoms with Crippen LogP contribution in [-0.2, 0) is 6.42 Å². The van der Waals surface area contributed by atoms with Crippen LogP contribution in [0.4, 0.5) is 0 Å². The van der Waals surface area contributed by atoms with Gasteiger partial charge in [-0.3, -0.25) is 0 Å². The van der Waals surface area contributed by atoms with E-state index in [1.54, 1.807) is 7.11 Å². The molecule has 88 valence electrons. The van der Waals surface area contributed by atoms with Crippen LogP contribution in [0.2, 0.25) is 0 Å². The second kappa shape index (κ2) is 5.32. The van der Waals surface area contributed by atoms with Crippen molar-refractivity contribution in [3.8, 4) is 5.75 Å². The quantitative estimate of drug-likeness (QED) is 0.799. The summed E-state index contributed by atoms with van der Waals surface area (Å²) in [5, 5.41) is 6.91. The summed E-state index contributed by atoms with van der Waals surface area (Å²) in [6.45, 7) is 1.12. The summed E-state index contributed by atoms with van der Waals surface area (Å²) in [4.78, 5) is 0. The minimum atomic E-state index is 0.554. The molecule has 2 N–H and O–H groups in total. The molecule has 2 unspecified atom stereocenters. The van der Waals surface area contributed by atoms with Gasteiger partial charge in [0.25, 0.3) is 0 Å². The van der Waals surface area contributed by atoms with E-state index in [1.807, 2.05) is 19.2 Å². The van der Waals surface area contributed by atoms with Crippen LogP contribution in [-0.4, -0.2) is 32.8 Å². The molecule has 3 nitrogen and oxygen atoms in total. The normalized spacial score (nSPS) is 24.6. The van der Waals surface area contributed by atoms with Crippen molar-refractivity contribution in [2.45, 2.75) is 24.9 Å². The van der Waals surface area contributed by atoms with Crippen LogP contribution >= 0.6 is 0 Å². The second-order valence-electron chi connectivity index (χ2n) is 4.30. The van der Waals surface area contributed by atoms with Crippen LogP contribution in [0.25, 0.3) is 0 Å². The average Bonchev–Trinajstić information content (AvgIpc) is 2.77. The molecule has 0 aromatic heterocycles. The van der Waals surface area contributed by atoms with E-state index in [9.17, 15) is 0 Å². The van der Waals surface area contributed by atoms with Gasteiger partial charge in [-0.2, -0.15) is 0 Å². The summed E-state index contributed by atoms with van der Waals surface area (Å²) in [7, 11) is 3.74. The predicted molar refractivity (Wildman–Crippen MR) is 66.0 cm³/mol. The first-order valence-corrected chi connectivity index (χ1v) is 5.87. The molecule has 0 spiro atoms. The number of benzene rings is 1. The number of hydrogen-bond acceptors (Lipinski definition) is 3. The first-order chi connectivity index (χ1) is 7.83. The topological polar surface area (TPSA) is 33.3 Å². The number of likely N-dealkylation sites (N-methyl/N-ethyl adjacent to an activating group) is 1. The van der Waals surface area contributed by atoms with E-state index in [2.05, 4.69) is 22.8 Å². The lowest BCUT2D eigenvalue weighted by Crippen LogP contribution is -2.40. The number of hydrogen-bond donors (Lipinski definition) is 2. The van der Waals surface area contributed by atoms with Gasteiger partial charge in [0.15, 0.2) is 0 Å². The Balaban J connectivity index is 1.97. The lowest BCUT2D eigenvalue weighted by molar-refractivity contribution is 0.414. The van der Waals surface area contributed by atoms with Gasteiger partial charge in [-0.25, -0.2) is 0 Å². The third-order valence-corrected chi connectivity index (χ3v) is 3.33. The van der Waals surface area contributed by atoms with Gasteiger partial charge in [-0.05, 0) is 44.1 Å². The Morgan fingerprint density at radius 2 is 2.12 bits per heavy atom. The van der Waals surface area contributed by atoms with E-state index in [4.69, 9.17) is 4.74 Å². The van der Waals surface area contributed by atoms with Crippen LogP contribution in [0, 0.1) is 0 Å². The summed E-state index contributed by atoms with van der Waals surface area (Å²) in [5.74, 6) is 0.924. The van der Waals surface area contributed by atoms with Crippen molar-refractivity contribution >= 4 is 0 Å². The van der Waals surface area contributed by atoms with E-state index in [1.165, 1.54) is 12.0 Å². The molecule has 0 radical (unpaired) electrons. The van der Waals surface area contributed by atoms with Crippen molar-refractivity contribution in [3.05, 3.63) is 29.8 Å². The Morgan fingerprint density at radius 1 is 1.38 bits per heavy atom. The number of nitrogens with one attached hydrogen (secondary N) is 2. The third kappa shape index (κ3) is 2.54. The zero-order valence-corrected chi connectivity index (χ0v) is 9.99. The van der Waals surface area contributed by atoms with Crippen LogP contribution in [0.15, 0.2) is 24.3 Å². The van der Waals surface area contributed by atoms with Crippen molar-refractivity contribution in [2.24, 2.45) is 0 Å². The highest BCUT2D eigenvalue weighted by atomic mass is 16.5. The zero-order chi connectivity index (χ0) is 11.4. The Morgan fingerprint density at radius 3 is 2.75 bits per heavy atom. The monoisotopic (exact) mass is 220 g/mol. The van der Waals surface area contributed by atoms with Gasteiger partial charge < -0.3 is 15.4 Å². The Labute approximate surface area is 97.2 Å². The molecule has 1 fully saturated rings. The standard InChI is InChI=1S/C13H20N2O/c1-14-12-7-8-15-13(12)9-10-3-5-11(16-2)6-4-10/h3-6,12-15H,7-9H2,1-2H3. The fourth-order valence-corrected chi connectivity index (χ4v) is 2.34. The molecule has 2 rings (SSSR count). The van der Waals surface area contributed by atoms with E-state index in [-0.39, 0.29) is 0 Å². The fraction of sp³-hybridized carbons (Fsp3) is 0.538. The highest BCUT2D eigenvalue weighted by Crippen LogP contribution is 2.16. The zero-order valence-electron chi connectivity index (χ0n) is 9.99. The van der Waals surface area contributed by atoms with Crippen molar-refractivity contribution < 1.29 is 4.74 Å². The fourth-order valence-electron chi connectivity index (χ4n) is 2.34. The number of methoxy groups -OCH3 is 1. The lowest BCUT2D eigenvalue weighted by atomic mass is 10.0. The summed E-state index contributed by atoms with van der Waals surface area (Å²) in [6, 6.07) is 9.49. The van der Waals surface area contributed by atoms with E-state index < -0.39 is 0 Å². The maximum absolute atomic E-state index is 5.15. The van der Waals surface area contributed by atoms with Gasteiger partial charge >= 0.3 is 0 Å². The summed E-state index contributed by atoms with van der Waals surface area (Å²) >= 11 is 0. The maximum atomic E-state index is 5.15. The Hall–Kier alpha value is -1.06. The SMILES string of the molecule is CNC1CCNC1Cc1ccc(OC)cc1. The van der Waals surface area contributed by atoms with Gasteiger partial charge in [-0.15, -0.1) is 0 Å². The van der Waals surface area contributed by atoms with E-state index >= 15 is 0 Å². The van der Waals surface area contributed by atoms with Gasteiger partial charge in [0, 0.05) is 12.1 Å². The van der Waals surface area contributed by atoms with Crippen molar-refractivity contribution in [1.29, 1.82) is 0 Å². The van der Waals surface area contributed by atoms with E-state index in [0.717, 1.165) is 18.7 Å². The molecule has 3 heteroatoms. The van der Waals surface area contributed by atoms with Crippen LogP contribution in [0.5, 0.6) is 5.75 Å². The first-order valence-electron chi connectivity index (χ1n) is 5.87. The molecule has 0 aliphatic carbocycles. The first kappa shape index (κ1) is 11.4. The van der Waals surface area contributed by atoms with Gasteiger partial charge in [0.1, 0.15) is 5.75 Å². The van der Waals surface area contributed by atoms with Gasteiger partial charge in [-0.1, -0.05) is 12.1 Å². The predicted octanol–water partition coefficient (Wildman–Crippen LogP) is 1.19. The summed E-state index contributed by atoms with van der Waals surface area (Å²) < 4.78 is 5.15. The largest absolute Gasteiger partial charge is 0.497 e. The average molecular weight is 220 g/mol. The third-order valence-electron chi connectivity index (χ3n) is 3.33. The van der Waals surface area contributed by atoms with Crippen LogP contribution in [0.1, 0.15) is 12.0 Å². The summed E-state index contributed by atoms with van der Waals surface area (Å²) in [6.07, 6.45) is 2.30. The van der Waals surface area contributed by atoms with Crippen molar-refractivity contribution in [2.75, 3.05) is 20.7 Å². The van der Waals surface area contributed by atoms with Crippen LogP contribution < -0.4 is 15.4 Å². The smallest absolute Gasteiger partial charge is 0.118 e. The molecule has 0 saturated carbocycles. The Kier molecular flexibility index (Phi) is 3.80. The molecule has 1 aliphatic rings. The van der Waals surface area contributed by atoms with Crippen molar-refractivity contribution in [1.82, 2.24) is 10.6 Å². The highest BCUT2D eigenvalue weighted by molar-refractivity contribution is 5.28. The molecule has 0 amide bonds. The maximum Gasteiger partial charge on any atom is 0.118 e. The van der Waals surface area contributed by atoms with E-state index in [0.29, 0.717) is 12.1 Å². The van der Waals surface area contributed by atoms with Gasteiger partial charge in [0.2, 0.25) is 0 Å². The Bertz CT molecular complexity index is 323. The van der Waals surface area contributed by atoms with Crippen LogP contribution in [0.3, 0.4) is 0 Å². The second-order valence-corrected chi connectivity index (χ2v) is 4.30. The molecule has 1 aliphatic heterocycles. The molecule has 1 aromatic carbocycles. The van der Waals surface area contributed by atoms with Gasteiger partial charge in [0.05, 0.1) is 7.11 Å². The molecular weight excluding hydrogens is 200 g/mol. The summed E-state index contributed by atoms with van der Waals surface area (Å²) in [5.41, 5.74) is 1.36. The minimum Gasteiger partial charge on any atom is -0.497 e. The highest BCUT2D eigenvalue weighted by Gasteiger charge is 2.24. The number of rotatable bonds is 4. The molecule has 1 heterocycles. The molecule has 2 atom stereocenters. The number of ether oxygens (including phenoxy) is 1. The molecular formula is C13H20N2O. The lowest BCUT2D eigenvalue weighted by Gasteiger charge is -2.19. The molecule has 16 heavy (non-hydrogen) atoms. The molecule has 1 aromatic rings. The molecule has 0 bridgehead atoms. The van der Waals surface area contributed by atoms with Crippen molar-refractivity contribution in [3.63, 3.8) is 0 Å². The minimum absolute atomic E-state index is 0.554. The molecule has 1 saturated heterocycles.